The highest BCUT2D eigenvalue weighted by molar-refractivity contribution is 6.32. The maximum atomic E-state index is 12.6. The molecule has 4 nitrogen and oxygen atoms in total. The lowest BCUT2D eigenvalue weighted by atomic mass is 9.95. The van der Waals surface area contributed by atoms with Gasteiger partial charge >= 0.3 is 5.97 Å². The van der Waals surface area contributed by atoms with Crippen molar-refractivity contribution in [2.75, 3.05) is 0 Å². The molecule has 1 aromatic rings. The van der Waals surface area contributed by atoms with E-state index in [0.717, 1.165) is 12.1 Å². The maximum Gasteiger partial charge on any atom is 0.338 e. The van der Waals surface area contributed by atoms with E-state index in [1.54, 1.807) is 0 Å². The third kappa shape index (κ3) is 3.22. The molecule has 0 aliphatic rings. The summed E-state index contributed by atoms with van der Waals surface area (Å²) in [5.74, 6) is -2.10. The first-order valence-electron chi connectivity index (χ1n) is 2.89. The number of rotatable bonds is 1. The number of carboxylic acids is 1. The van der Waals surface area contributed by atoms with Gasteiger partial charge in [-0.2, -0.15) is 0 Å². The van der Waals surface area contributed by atoms with E-state index in [4.69, 9.17) is 13.0 Å². The van der Waals surface area contributed by atoms with Crippen LogP contribution in [0.3, 0.4) is 0 Å². The zero-order valence-electron chi connectivity index (χ0n) is 6.54. The molecule has 70 valence electrons. The first kappa shape index (κ1) is 14.1. The molecule has 0 aliphatic carbocycles. The Bertz CT molecular complexity index is 303. The molecular formula is C7H8BFO4. The van der Waals surface area contributed by atoms with E-state index < -0.39 is 11.8 Å². The van der Waals surface area contributed by atoms with Crippen LogP contribution >= 0.6 is 0 Å². The fourth-order valence-corrected chi connectivity index (χ4v) is 0.705. The molecule has 0 aliphatic heterocycles. The Kier molecular flexibility index (Phi) is 5.75. The minimum Gasteiger partial charge on any atom is -0.478 e. The molecule has 5 N–H and O–H groups in total. The summed E-state index contributed by atoms with van der Waals surface area (Å²) < 4.78 is 12.6. The van der Waals surface area contributed by atoms with Gasteiger partial charge in [-0.25, -0.2) is 9.18 Å². The van der Waals surface area contributed by atoms with Crippen molar-refractivity contribution in [1.82, 2.24) is 0 Å². The van der Waals surface area contributed by atoms with Gasteiger partial charge in [-0.15, -0.1) is 0 Å². The Balaban J connectivity index is 0. The SMILES string of the molecule is O.O.[B]c1ccc(C(=O)O)c(F)c1. The van der Waals surface area contributed by atoms with Gasteiger partial charge in [0.05, 0.1) is 5.56 Å². The van der Waals surface area contributed by atoms with Crippen molar-refractivity contribution in [3.63, 3.8) is 0 Å². The summed E-state index contributed by atoms with van der Waals surface area (Å²) in [6.45, 7) is 0. The number of carboxylic acid groups (broad SMARTS) is 1. The molecule has 0 bridgehead atoms. The monoisotopic (exact) mass is 186 g/mol. The summed E-state index contributed by atoms with van der Waals surface area (Å²) in [5, 5.41) is 8.38. The molecule has 2 radical (unpaired) electrons. The molecule has 0 unspecified atom stereocenters. The summed E-state index contributed by atoms with van der Waals surface area (Å²) in [5.41, 5.74) is -0.147. The van der Waals surface area contributed by atoms with Crippen LogP contribution in [0.1, 0.15) is 10.4 Å². The quantitative estimate of drug-likeness (QED) is 0.549. The van der Waals surface area contributed by atoms with Gasteiger partial charge < -0.3 is 16.1 Å². The smallest absolute Gasteiger partial charge is 0.338 e. The summed E-state index contributed by atoms with van der Waals surface area (Å²) in [6, 6.07) is 3.45. The molecule has 6 heteroatoms. The number of carbonyl (C=O) groups is 1. The van der Waals surface area contributed by atoms with Crippen molar-refractivity contribution in [2.45, 2.75) is 0 Å². The largest absolute Gasteiger partial charge is 0.478 e. The molecule has 0 heterocycles. The molecule has 1 rings (SSSR count). The predicted octanol–water partition coefficient (Wildman–Crippen LogP) is -1.33. The van der Waals surface area contributed by atoms with Crippen molar-refractivity contribution in [3.8, 4) is 0 Å². The average molecular weight is 186 g/mol. The number of aromatic carboxylic acids is 1. The van der Waals surface area contributed by atoms with E-state index in [-0.39, 0.29) is 22.0 Å². The predicted molar refractivity (Wildman–Crippen MR) is 46.0 cm³/mol. The van der Waals surface area contributed by atoms with Gasteiger partial charge in [0, 0.05) is 0 Å². The Morgan fingerprint density at radius 2 is 1.92 bits per heavy atom. The van der Waals surface area contributed by atoms with Crippen molar-refractivity contribution < 1.29 is 25.2 Å². The summed E-state index contributed by atoms with van der Waals surface area (Å²) >= 11 is 0. The summed E-state index contributed by atoms with van der Waals surface area (Å²) in [7, 11) is 5.19. The Labute approximate surface area is 75.0 Å². The molecule has 0 aromatic heterocycles. The van der Waals surface area contributed by atoms with Gasteiger partial charge in [-0.3, -0.25) is 0 Å². The van der Waals surface area contributed by atoms with Crippen LogP contribution in [-0.2, 0) is 0 Å². The highest BCUT2D eigenvalue weighted by atomic mass is 19.1. The van der Waals surface area contributed by atoms with Gasteiger partial charge in [-0.1, -0.05) is 11.5 Å². The zero-order valence-corrected chi connectivity index (χ0v) is 6.54. The molecule has 13 heavy (non-hydrogen) atoms. The maximum absolute atomic E-state index is 12.6. The van der Waals surface area contributed by atoms with Crippen LogP contribution in [0.25, 0.3) is 0 Å². The van der Waals surface area contributed by atoms with Gasteiger partial charge in [0.25, 0.3) is 0 Å². The van der Waals surface area contributed by atoms with Crippen LogP contribution in [0.15, 0.2) is 18.2 Å². The van der Waals surface area contributed by atoms with Crippen molar-refractivity contribution in [3.05, 3.63) is 29.6 Å². The Morgan fingerprint density at radius 1 is 1.38 bits per heavy atom. The third-order valence-electron chi connectivity index (χ3n) is 1.22. The molecule has 0 spiro atoms. The first-order chi connectivity index (χ1) is 5.11. The standard InChI is InChI=1S/C7H4BFO2.2H2O/c8-4-1-2-5(7(10)11)6(9)3-4;;/h1-3H,(H,10,11);2*1H2. The fourth-order valence-electron chi connectivity index (χ4n) is 0.705. The van der Waals surface area contributed by atoms with Crippen molar-refractivity contribution in [2.24, 2.45) is 0 Å². The topological polar surface area (TPSA) is 100 Å². The number of halogens is 1. The molecular weight excluding hydrogens is 178 g/mol. The number of hydrogen-bond donors (Lipinski definition) is 1. The van der Waals surface area contributed by atoms with E-state index in [9.17, 15) is 9.18 Å². The second-order valence-electron chi connectivity index (χ2n) is 2.04. The third-order valence-corrected chi connectivity index (χ3v) is 1.22. The van der Waals surface area contributed by atoms with Crippen LogP contribution in [0.4, 0.5) is 4.39 Å². The van der Waals surface area contributed by atoms with Gasteiger partial charge in [0.1, 0.15) is 13.7 Å². The zero-order chi connectivity index (χ0) is 8.43. The normalized spacial score (nSPS) is 8.08. The van der Waals surface area contributed by atoms with Crippen LogP contribution in [0.2, 0.25) is 0 Å². The highest BCUT2D eigenvalue weighted by Gasteiger charge is 2.08. The summed E-state index contributed by atoms with van der Waals surface area (Å²) in [4.78, 5) is 10.3. The van der Waals surface area contributed by atoms with Crippen LogP contribution in [0.5, 0.6) is 0 Å². The van der Waals surface area contributed by atoms with E-state index in [2.05, 4.69) is 0 Å². The molecule has 1 aromatic carbocycles. The second kappa shape index (κ2) is 5.29. The number of benzene rings is 1. The van der Waals surface area contributed by atoms with Gasteiger partial charge in [-0.05, 0) is 12.1 Å². The lowest BCUT2D eigenvalue weighted by molar-refractivity contribution is 0.0692. The lowest BCUT2D eigenvalue weighted by Crippen LogP contribution is -2.07. The molecule has 0 amide bonds. The summed E-state index contributed by atoms with van der Waals surface area (Å²) in [6.07, 6.45) is 0. The van der Waals surface area contributed by atoms with Crippen molar-refractivity contribution in [1.29, 1.82) is 0 Å². The molecule has 0 saturated heterocycles. The molecule has 0 fully saturated rings. The van der Waals surface area contributed by atoms with Gasteiger partial charge in [0.15, 0.2) is 0 Å². The van der Waals surface area contributed by atoms with E-state index >= 15 is 0 Å². The van der Waals surface area contributed by atoms with Crippen LogP contribution in [-0.4, -0.2) is 29.9 Å². The van der Waals surface area contributed by atoms with Crippen molar-refractivity contribution >= 4 is 19.3 Å². The Morgan fingerprint density at radius 3 is 2.31 bits per heavy atom. The fraction of sp³-hybridized carbons (Fsp3) is 0. The Hall–Kier alpha value is -1.40. The van der Waals surface area contributed by atoms with Gasteiger partial charge in [0.2, 0.25) is 0 Å². The first-order valence-corrected chi connectivity index (χ1v) is 2.89. The minimum absolute atomic E-state index is 0. The lowest BCUT2D eigenvalue weighted by Gasteiger charge is -1.97. The highest BCUT2D eigenvalue weighted by Crippen LogP contribution is 2.03. The van der Waals surface area contributed by atoms with E-state index in [0.29, 0.717) is 0 Å². The minimum atomic E-state index is -1.29. The van der Waals surface area contributed by atoms with E-state index in [1.807, 2.05) is 0 Å². The van der Waals surface area contributed by atoms with Crippen LogP contribution in [0, 0.1) is 5.82 Å². The molecule has 0 atom stereocenters. The average Bonchev–Trinajstić information content (AvgIpc) is 1.85. The molecule has 0 saturated carbocycles. The van der Waals surface area contributed by atoms with Crippen LogP contribution < -0.4 is 5.46 Å². The second-order valence-corrected chi connectivity index (χ2v) is 2.04. The van der Waals surface area contributed by atoms with E-state index in [1.165, 1.54) is 6.07 Å². The number of hydrogen-bond acceptors (Lipinski definition) is 1.